The van der Waals surface area contributed by atoms with Gasteiger partial charge in [0.2, 0.25) is 5.95 Å². The average molecular weight is 464 g/mol. The molecule has 2 aliphatic rings. The Kier molecular flexibility index (Phi) is 6.44. The van der Waals surface area contributed by atoms with Crippen LogP contribution in [-0.4, -0.2) is 70.9 Å². The van der Waals surface area contributed by atoms with Gasteiger partial charge in [0.1, 0.15) is 0 Å². The van der Waals surface area contributed by atoms with Crippen molar-refractivity contribution in [3.63, 3.8) is 0 Å². The number of alkyl halides is 3. The summed E-state index contributed by atoms with van der Waals surface area (Å²) in [6.45, 7) is 1.35. The van der Waals surface area contributed by atoms with Crippen LogP contribution >= 0.6 is 0 Å². The standard InChI is InChI=1S/C18H23F3N4O5S/c1-10-3-2-4-12(13(10)16(27)28)23-17-22-9-11(14(24-17)18(19,20)21)15(26)25-5-7-31(29,30)8-6-25/h9-10,12-13H,2-8H2,1H3,(H,27,28)(H,22,23,24)/t10-,12+,13-/m1/s1. The Labute approximate surface area is 177 Å². The monoisotopic (exact) mass is 464 g/mol. The Bertz CT molecular complexity index is 955. The average Bonchev–Trinajstić information content (AvgIpc) is 2.66. The number of carbonyl (C=O) groups is 2. The van der Waals surface area contributed by atoms with Crippen LogP contribution in [0.3, 0.4) is 0 Å². The molecule has 2 heterocycles. The Morgan fingerprint density at radius 1 is 1.23 bits per heavy atom. The molecule has 1 saturated heterocycles. The van der Waals surface area contributed by atoms with Gasteiger partial charge in [0, 0.05) is 25.3 Å². The zero-order chi connectivity index (χ0) is 23.0. The first-order valence-corrected chi connectivity index (χ1v) is 11.6. The maximum Gasteiger partial charge on any atom is 0.434 e. The molecule has 1 saturated carbocycles. The fraction of sp³-hybridized carbons (Fsp3) is 0.667. The Morgan fingerprint density at radius 2 is 1.87 bits per heavy atom. The molecule has 2 fully saturated rings. The van der Waals surface area contributed by atoms with Crippen LogP contribution in [0.1, 0.15) is 42.2 Å². The molecule has 2 N–H and O–H groups in total. The highest BCUT2D eigenvalue weighted by molar-refractivity contribution is 7.91. The van der Waals surface area contributed by atoms with Gasteiger partial charge >= 0.3 is 12.1 Å². The molecule has 1 aliphatic carbocycles. The summed E-state index contributed by atoms with van der Waals surface area (Å²) < 4.78 is 64.0. The van der Waals surface area contributed by atoms with Crippen molar-refractivity contribution in [2.45, 2.75) is 38.4 Å². The number of nitrogens with zero attached hydrogens (tertiary/aromatic N) is 3. The Hall–Kier alpha value is -2.44. The van der Waals surface area contributed by atoms with E-state index in [9.17, 15) is 36.3 Å². The van der Waals surface area contributed by atoms with Crippen LogP contribution < -0.4 is 5.32 Å². The Balaban J connectivity index is 1.87. The van der Waals surface area contributed by atoms with E-state index in [0.29, 0.717) is 19.3 Å². The molecule has 1 aromatic rings. The normalized spacial score (nSPS) is 26.3. The molecule has 1 amide bonds. The van der Waals surface area contributed by atoms with Crippen molar-refractivity contribution in [2.75, 3.05) is 29.9 Å². The number of rotatable bonds is 4. The fourth-order valence-corrected chi connectivity index (χ4v) is 5.27. The van der Waals surface area contributed by atoms with Crippen LogP contribution in [-0.2, 0) is 20.8 Å². The molecule has 31 heavy (non-hydrogen) atoms. The molecule has 1 aliphatic heterocycles. The summed E-state index contributed by atoms with van der Waals surface area (Å²) in [4.78, 5) is 32.6. The summed E-state index contributed by atoms with van der Waals surface area (Å²) >= 11 is 0. The van der Waals surface area contributed by atoms with Crippen LogP contribution in [0.15, 0.2) is 6.20 Å². The van der Waals surface area contributed by atoms with Gasteiger partial charge in [-0.25, -0.2) is 18.4 Å². The highest BCUT2D eigenvalue weighted by atomic mass is 32.2. The number of carbonyl (C=O) groups excluding carboxylic acids is 1. The zero-order valence-electron chi connectivity index (χ0n) is 16.7. The minimum atomic E-state index is -4.96. The SMILES string of the molecule is C[C@@H]1CCC[C@H](Nc2ncc(C(=O)N3CCS(=O)(=O)CC3)c(C(F)(F)F)n2)[C@@H]1C(=O)O. The van der Waals surface area contributed by atoms with Crippen LogP contribution in [0, 0.1) is 11.8 Å². The number of nitrogens with one attached hydrogen (secondary N) is 1. The van der Waals surface area contributed by atoms with Crippen molar-refractivity contribution in [3.05, 3.63) is 17.5 Å². The number of halogens is 3. The van der Waals surface area contributed by atoms with Gasteiger partial charge in [0.05, 0.1) is 23.0 Å². The highest BCUT2D eigenvalue weighted by Gasteiger charge is 2.41. The van der Waals surface area contributed by atoms with Crippen LogP contribution in [0.25, 0.3) is 0 Å². The van der Waals surface area contributed by atoms with Gasteiger partial charge in [-0.05, 0) is 18.8 Å². The van der Waals surface area contributed by atoms with Gasteiger partial charge in [-0.3, -0.25) is 9.59 Å². The molecule has 13 heteroatoms. The lowest BCUT2D eigenvalue weighted by Crippen LogP contribution is -2.44. The van der Waals surface area contributed by atoms with Gasteiger partial charge < -0.3 is 15.3 Å². The van der Waals surface area contributed by atoms with E-state index in [1.807, 2.05) is 0 Å². The Morgan fingerprint density at radius 3 is 2.45 bits per heavy atom. The smallest absolute Gasteiger partial charge is 0.434 e. The quantitative estimate of drug-likeness (QED) is 0.688. The molecule has 0 aromatic carbocycles. The van der Waals surface area contributed by atoms with Crippen molar-refractivity contribution >= 4 is 27.7 Å². The summed E-state index contributed by atoms with van der Waals surface area (Å²) in [6.07, 6.45) is -2.36. The number of hydrogen-bond acceptors (Lipinski definition) is 7. The molecule has 0 unspecified atom stereocenters. The molecular formula is C18H23F3N4O5S. The molecule has 3 atom stereocenters. The van der Waals surface area contributed by atoms with E-state index in [1.54, 1.807) is 6.92 Å². The maximum atomic E-state index is 13.6. The van der Waals surface area contributed by atoms with Crippen LogP contribution in [0.5, 0.6) is 0 Å². The minimum absolute atomic E-state index is 0.165. The summed E-state index contributed by atoms with van der Waals surface area (Å²) in [5.74, 6) is -4.06. The summed E-state index contributed by atoms with van der Waals surface area (Å²) in [5.41, 5.74) is -2.22. The van der Waals surface area contributed by atoms with E-state index in [1.165, 1.54) is 0 Å². The van der Waals surface area contributed by atoms with Gasteiger partial charge in [0.15, 0.2) is 15.5 Å². The van der Waals surface area contributed by atoms with Crippen LogP contribution in [0.4, 0.5) is 19.1 Å². The first-order valence-electron chi connectivity index (χ1n) is 9.82. The number of aliphatic carboxylic acids is 1. The number of anilines is 1. The predicted molar refractivity (Wildman–Crippen MR) is 103 cm³/mol. The number of carboxylic acid groups (broad SMARTS) is 1. The summed E-state index contributed by atoms with van der Waals surface area (Å²) in [6, 6.07) is -0.642. The fourth-order valence-electron chi connectivity index (χ4n) is 4.07. The third kappa shape index (κ3) is 5.25. The lowest BCUT2D eigenvalue weighted by molar-refractivity contribution is -0.145. The van der Waals surface area contributed by atoms with Crippen molar-refractivity contribution in [1.82, 2.24) is 14.9 Å². The molecule has 172 valence electrons. The second kappa shape index (κ2) is 8.60. The number of amides is 1. The summed E-state index contributed by atoms with van der Waals surface area (Å²) in [7, 11) is -3.32. The number of carboxylic acids is 1. The lowest BCUT2D eigenvalue weighted by atomic mass is 9.77. The second-order valence-corrected chi connectivity index (χ2v) is 10.2. The molecule has 1 aromatic heterocycles. The molecule has 9 nitrogen and oxygen atoms in total. The highest BCUT2D eigenvalue weighted by Crippen LogP contribution is 2.34. The van der Waals surface area contributed by atoms with Gasteiger partial charge in [0.25, 0.3) is 5.91 Å². The van der Waals surface area contributed by atoms with E-state index >= 15 is 0 Å². The van der Waals surface area contributed by atoms with Crippen LogP contribution in [0.2, 0.25) is 0 Å². The first kappa shape index (κ1) is 23.2. The predicted octanol–water partition coefficient (Wildman–Crippen LogP) is 1.67. The van der Waals surface area contributed by atoms with Crippen molar-refractivity contribution < 1.29 is 36.3 Å². The van der Waals surface area contributed by atoms with Gasteiger partial charge in [-0.1, -0.05) is 13.3 Å². The topological polar surface area (TPSA) is 130 Å². The molecule has 0 bridgehead atoms. The largest absolute Gasteiger partial charge is 0.481 e. The lowest BCUT2D eigenvalue weighted by Gasteiger charge is -2.34. The van der Waals surface area contributed by atoms with Crippen molar-refractivity contribution in [1.29, 1.82) is 0 Å². The van der Waals surface area contributed by atoms with E-state index in [4.69, 9.17) is 0 Å². The maximum absolute atomic E-state index is 13.6. The van der Waals surface area contributed by atoms with E-state index in [2.05, 4.69) is 15.3 Å². The number of aromatic nitrogens is 2. The molecular weight excluding hydrogens is 441 g/mol. The molecule has 0 radical (unpaired) electrons. The van der Waals surface area contributed by atoms with Crippen molar-refractivity contribution in [3.8, 4) is 0 Å². The van der Waals surface area contributed by atoms with Crippen molar-refractivity contribution in [2.24, 2.45) is 11.8 Å². The third-order valence-electron chi connectivity index (χ3n) is 5.74. The second-order valence-electron chi connectivity index (χ2n) is 7.92. The molecule has 0 spiro atoms. The van der Waals surface area contributed by atoms with E-state index in [-0.39, 0.29) is 30.5 Å². The van der Waals surface area contributed by atoms with E-state index < -0.39 is 57.1 Å². The first-order chi connectivity index (χ1) is 14.4. The third-order valence-corrected chi connectivity index (χ3v) is 7.35. The minimum Gasteiger partial charge on any atom is -0.481 e. The van der Waals surface area contributed by atoms with E-state index in [0.717, 1.165) is 11.1 Å². The van der Waals surface area contributed by atoms with Gasteiger partial charge in [-0.2, -0.15) is 13.2 Å². The number of sulfone groups is 1. The summed E-state index contributed by atoms with van der Waals surface area (Å²) in [5, 5.41) is 12.2. The van der Waals surface area contributed by atoms with Gasteiger partial charge in [-0.15, -0.1) is 0 Å². The molecule has 3 rings (SSSR count). The number of hydrogen-bond donors (Lipinski definition) is 2. The zero-order valence-corrected chi connectivity index (χ0v) is 17.5.